The lowest BCUT2D eigenvalue weighted by Gasteiger charge is -2.17. The topological polar surface area (TPSA) is 90.9 Å². The monoisotopic (exact) mass is 523 g/mol. The fraction of sp³-hybridized carbons (Fsp3) is 0.161. The van der Waals surface area contributed by atoms with Crippen molar-refractivity contribution in [3.63, 3.8) is 0 Å². The molecule has 0 radical (unpaired) electrons. The Hall–Kier alpha value is -4.98. The van der Waals surface area contributed by atoms with Crippen LogP contribution in [0.15, 0.2) is 79.0 Å². The van der Waals surface area contributed by atoms with Crippen molar-refractivity contribution in [2.24, 2.45) is 0 Å². The lowest BCUT2D eigenvalue weighted by Crippen LogP contribution is -2.20. The standard InChI is InChI=1S/C31H29N3O5/c1-36-27-15-20-12-13-32-26(23(20)17-29(27)38-3)14-21-16-28(37-2)30(39-4)18-25(21)34-31(35)33-24-11-7-9-19-8-5-6-10-22(19)24/h5-13,15-18H,14H2,1-4H3,(H2,33,34,35). The first-order chi connectivity index (χ1) is 19.0. The van der Waals surface area contributed by atoms with Crippen LogP contribution >= 0.6 is 0 Å². The number of fused-ring (bicyclic) bond motifs is 2. The zero-order valence-electron chi connectivity index (χ0n) is 22.2. The number of nitrogens with one attached hydrogen (secondary N) is 2. The number of hydrogen-bond acceptors (Lipinski definition) is 6. The maximum atomic E-state index is 13.2. The SMILES string of the molecule is COc1cc(Cc2nccc3cc(OC)c(OC)cc23)c(NC(=O)Nc2cccc3ccccc23)cc1OC. The minimum Gasteiger partial charge on any atom is -0.493 e. The first-order valence-electron chi connectivity index (χ1n) is 12.3. The van der Waals surface area contributed by atoms with Crippen molar-refractivity contribution in [3.05, 3.63) is 90.3 Å². The Morgan fingerprint density at radius 1 is 0.667 bits per heavy atom. The molecule has 0 atom stereocenters. The van der Waals surface area contributed by atoms with Crippen molar-refractivity contribution in [1.82, 2.24) is 4.98 Å². The number of anilines is 2. The Labute approximate surface area is 226 Å². The quantitative estimate of drug-likeness (QED) is 0.236. The van der Waals surface area contributed by atoms with Gasteiger partial charge in [-0.15, -0.1) is 0 Å². The average molecular weight is 524 g/mol. The number of nitrogens with zero attached hydrogens (tertiary/aromatic N) is 1. The molecular weight excluding hydrogens is 494 g/mol. The summed E-state index contributed by atoms with van der Waals surface area (Å²) in [6.07, 6.45) is 2.17. The zero-order chi connectivity index (χ0) is 27.4. The van der Waals surface area contributed by atoms with Crippen LogP contribution in [0, 0.1) is 0 Å². The molecule has 39 heavy (non-hydrogen) atoms. The summed E-state index contributed by atoms with van der Waals surface area (Å²) in [5.74, 6) is 2.30. The van der Waals surface area contributed by atoms with Gasteiger partial charge >= 0.3 is 6.03 Å². The molecule has 0 bridgehead atoms. The maximum Gasteiger partial charge on any atom is 0.323 e. The third kappa shape index (κ3) is 5.22. The van der Waals surface area contributed by atoms with Crippen LogP contribution in [-0.4, -0.2) is 39.5 Å². The molecule has 0 saturated heterocycles. The van der Waals surface area contributed by atoms with Gasteiger partial charge in [-0.1, -0.05) is 36.4 Å². The predicted molar refractivity (Wildman–Crippen MR) is 154 cm³/mol. The van der Waals surface area contributed by atoms with Crippen LogP contribution in [0.3, 0.4) is 0 Å². The van der Waals surface area contributed by atoms with Gasteiger partial charge in [-0.05, 0) is 46.7 Å². The van der Waals surface area contributed by atoms with Crippen LogP contribution in [0.4, 0.5) is 16.2 Å². The van der Waals surface area contributed by atoms with E-state index in [2.05, 4.69) is 15.6 Å². The maximum absolute atomic E-state index is 13.2. The number of carbonyl (C=O) groups is 1. The summed E-state index contributed by atoms with van der Waals surface area (Å²) >= 11 is 0. The van der Waals surface area contributed by atoms with Gasteiger partial charge in [0.1, 0.15) is 0 Å². The molecule has 2 N–H and O–H groups in total. The van der Waals surface area contributed by atoms with E-state index in [-0.39, 0.29) is 6.03 Å². The summed E-state index contributed by atoms with van der Waals surface area (Å²) in [5.41, 5.74) is 2.89. The molecule has 0 unspecified atom stereocenters. The van der Waals surface area contributed by atoms with Crippen LogP contribution in [0.2, 0.25) is 0 Å². The number of urea groups is 1. The van der Waals surface area contributed by atoms with E-state index < -0.39 is 0 Å². The van der Waals surface area contributed by atoms with Crippen LogP contribution in [0.1, 0.15) is 11.3 Å². The van der Waals surface area contributed by atoms with Gasteiger partial charge in [-0.3, -0.25) is 4.98 Å². The van der Waals surface area contributed by atoms with Crippen LogP contribution in [-0.2, 0) is 6.42 Å². The van der Waals surface area contributed by atoms with Crippen molar-refractivity contribution < 1.29 is 23.7 Å². The molecule has 2 amide bonds. The van der Waals surface area contributed by atoms with E-state index in [4.69, 9.17) is 18.9 Å². The molecule has 198 valence electrons. The minimum atomic E-state index is -0.378. The molecule has 0 saturated carbocycles. The molecular formula is C31H29N3O5. The van der Waals surface area contributed by atoms with Gasteiger partial charge in [0.25, 0.3) is 0 Å². The van der Waals surface area contributed by atoms with Crippen LogP contribution in [0.5, 0.6) is 23.0 Å². The Kier molecular flexibility index (Phi) is 7.36. The smallest absolute Gasteiger partial charge is 0.323 e. The zero-order valence-corrected chi connectivity index (χ0v) is 22.2. The highest BCUT2D eigenvalue weighted by Gasteiger charge is 2.17. The average Bonchev–Trinajstić information content (AvgIpc) is 2.97. The summed E-state index contributed by atoms with van der Waals surface area (Å²) in [6, 6.07) is 22.7. The number of aromatic nitrogens is 1. The molecule has 0 aliphatic heterocycles. The Bertz CT molecular complexity index is 1660. The van der Waals surface area contributed by atoms with Gasteiger partial charge < -0.3 is 29.6 Å². The van der Waals surface area contributed by atoms with Gasteiger partial charge in [0.05, 0.1) is 39.8 Å². The summed E-state index contributed by atoms with van der Waals surface area (Å²) in [5, 5.41) is 9.84. The molecule has 1 aromatic heterocycles. The second kappa shape index (κ2) is 11.2. The predicted octanol–water partition coefficient (Wildman–Crippen LogP) is 6.66. The lowest BCUT2D eigenvalue weighted by atomic mass is 10.0. The highest BCUT2D eigenvalue weighted by molar-refractivity contribution is 6.06. The lowest BCUT2D eigenvalue weighted by molar-refractivity contribution is 0.262. The van der Waals surface area contributed by atoms with Crippen LogP contribution in [0.25, 0.3) is 21.5 Å². The number of amides is 2. The first kappa shape index (κ1) is 25.7. The van der Waals surface area contributed by atoms with Gasteiger partial charge in [-0.2, -0.15) is 0 Å². The Morgan fingerprint density at radius 2 is 1.31 bits per heavy atom. The van der Waals surface area contributed by atoms with Gasteiger partial charge in [0.15, 0.2) is 23.0 Å². The number of rotatable bonds is 8. The largest absolute Gasteiger partial charge is 0.493 e. The highest BCUT2D eigenvalue weighted by atomic mass is 16.5. The second-order valence-electron chi connectivity index (χ2n) is 8.83. The molecule has 0 fully saturated rings. The molecule has 0 spiro atoms. The third-order valence-corrected chi connectivity index (χ3v) is 6.60. The number of benzene rings is 4. The number of ether oxygens (including phenoxy) is 4. The van der Waals surface area contributed by atoms with Crippen molar-refractivity contribution in [2.45, 2.75) is 6.42 Å². The van der Waals surface area contributed by atoms with Crippen molar-refractivity contribution >= 4 is 39.0 Å². The number of hydrogen-bond donors (Lipinski definition) is 2. The van der Waals surface area contributed by atoms with Crippen molar-refractivity contribution in [3.8, 4) is 23.0 Å². The molecule has 8 nitrogen and oxygen atoms in total. The Morgan fingerprint density at radius 3 is 2.08 bits per heavy atom. The van der Waals surface area contributed by atoms with E-state index in [1.807, 2.05) is 66.7 Å². The number of methoxy groups -OCH3 is 4. The molecule has 5 aromatic rings. The van der Waals surface area contributed by atoms with E-state index in [1.165, 1.54) is 0 Å². The fourth-order valence-electron chi connectivity index (χ4n) is 4.67. The molecule has 0 aliphatic carbocycles. The normalized spacial score (nSPS) is 10.8. The first-order valence-corrected chi connectivity index (χ1v) is 12.3. The van der Waals surface area contributed by atoms with E-state index >= 15 is 0 Å². The van der Waals surface area contributed by atoms with Crippen molar-refractivity contribution in [2.75, 3.05) is 39.1 Å². The number of pyridine rings is 1. The van der Waals surface area contributed by atoms with Gasteiger partial charge in [0.2, 0.25) is 0 Å². The van der Waals surface area contributed by atoms with E-state index in [9.17, 15) is 4.79 Å². The summed E-state index contributed by atoms with van der Waals surface area (Å²) in [6.45, 7) is 0. The van der Waals surface area contributed by atoms with Crippen LogP contribution < -0.4 is 29.6 Å². The Balaban J connectivity index is 1.51. The van der Waals surface area contributed by atoms with E-state index in [0.717, 1.165) is 32.8 Å². The molecule has 1 heterocycles. The van der Waals surface area contributed by atoms with Crippen molar-refractivity contribution in [1.29, 1.82) is 0 Å². The minimum absolute atomic E-state index is 0.378. The van der Waals surface area contributed by atoms with Gasteiger partial charge in [0, 0.05) is 35.1 Å². The summed E-state index contributed by atoms with van der Waals surface area (Å²) in [7, 11) is 6.35. The summed E-state index contributed by atoms with van der Waals surface area (Å²) in [4.78, 5) is 17.9. The van der Waals surface area contributed by atoms with Gasteiger partial charge in [-0.25, -0.2) is 4.79 Å². The molecule has 4 aromatic carbocycles. The molecule has 8 heteroatoms. The van der Waals surface area contributed by atoms with E-state index in [1.54, 1.807) is 40.7 Å². The molecule has 5 rings (SSSR count). The highest BCUT2D eigenvalue weighted by Crippen LogP contribution is 2.37. The van der Waals surface area contributed by atoms with E-state index in [0.29, 0.717) is 40.8 Å². The number of carbonyl (C=O) groups excluding carboxylic acids is 1. The second-order valence-corrected chi connectivity index (χ2v) is 8.83. The third-order valence-electron chi connectivity index (χ3n) is 6.60. The molecule has 0 aliphatic rings. The fourth-order valence-corrected chi connectivity index (χ4v) is 4.67. The summed E-state index contributed by atoms with van der Waals surface area (Å²) < 4.78 is 22.1.